The molecule has 0 aromatic heterocycles. The molecule has 0 spiro atoms. The standard InChI is InChI=1S/C16H19NO5/c1-4-9(8-18)17-10-7-11(19)14-12(21-2)5-6-13(22-3)15(14)16(10)20/h5-7,9,17-18H,4,8H2,1-3H3. The van der Waals surface area contributed by atoms with Crippen molar-refractivity contribution in [1.82, 2.24) is 5.32 Å². The van der Waals surface area contributed by atoms with Crippen LogP contribution < -0.4 is 14.8 Å². The Hall–Kier alpha value is -2.34. The van der Waals surface area contributed by atoms with E-state index in [0.29, 0.717) is 17.9 Å². The predicted molar refractivity (Wildman–Crippen MR) is 80.6 cm³/mol. The topological polar surface area (TPSA) is 84.9 Å². The number of carbonyl (C=O) groups is 2. The molecule has 1 aromatic rings. The molecule has 1 aliphatic rings. The van der Waals surface area contributed by atoms with Gasteiger partial charge in [-0.2, -0.15) is 0 Å². The van der Waals surface area contributed by atoms with Gasteiger partial charge >= 0.3 is 0 Å². The van der Waals surface area contributed by atoms with Gasteiger partial charge in [0.1, 0.15) is 11.5 Å². The summed E-state index contributed by atoms with van der Waals surface area (Å²) < 4.78 is 10.4. The molecule has 0 fully saturated rings. The number of Topliss-reactive ketones (excluding diaryl/α,β-unsaturated/α-hetero) is 1. The van der Waals surface area contributed by atoms with Crippen molar-refractivity contribution in [1.29, 1.82) is 0 Å². The maximum atomic E-state index is 12.7. The van der Waals surface area contributed by atoms with Crippen LogP contribution in [0.3, 0.4) is 0 Å². The van der Waals surface area contributed by atoms with Crippen LogP contribution >= 0.6 is 0 Å². The molecule has 0 aliphatic heterocycles. The van der Waals surface area contributed by atoms with E-state index in [1.165, 1.54) is 20.3 Å². The van der Waals surface area contributed by atoms with E-state index >= 15 is 0 Å². The third kappa shape index (κ3) is 2.69. The molecule has 1 atom stereocenters. The molecular weight excluding hydrogens is 286 g/mol. The highest BCUT2D eigenvalue weighted by atomic mass is 16.5. The Bertz CT molecular complexity index is 632. The molecule has 118 valence electrons. The molecule has 0 bridgehead atoms. The molecule has 0 heterocycles. The molecule has 0 radical (unpaired) electrons. The summed E-state index contributed by atoms with van der Waals surface area (Å²) in [5.41, 5.74) is 0.545. The average Bonchev–Trinajstić information content (AvgIpc) is 2.55. The monoisotopic (exact) mass is 305 g/mol. The Morgan fingerprint density at radius 3 is 2.23 bits per heavy atom. The van der Waals surface area contributed by atoms with Crippen LogP contribution in [0.5, 0.6) is 11.5 Å². The Kier molecular flexibility index (Phi) is 4.82. The van der Waals surface area contributed by atoms with Crippen LogP contribution in [0, 0.1) is 0 Å². The molecule has 1 aliphatic carbocycles. The fourth-order valence-electron chi connectivity index (χ4n) is 2.38. The van der Waals surface area contributed by atoms with Crippen LogP contribution in [0.1, 0.15) is 34.1 Å². The van der Waals surface area contributed by atoms with Crippen molar-refractivity contribution in [3.05, 3.63) is 35.0 Å². The van der Waals surface area contributed by atoms with E-state index < -0.39 is 0 Å². The maximum Gasteiger partial charge on any atom is 0.213 e. The summed E-state index contributed by atoms with van der Waals surface area (Å²) in [6.07, 6.45) is 1.86. The molecule has 6 heteroatoms. The van der Waals surface area contributed by atoms with Gasteiger partial charge in [-0.1, -0.05) is 6.92 Å². The second-order valence-electron chi connectivity index (χ2n) is 4.90. The third-order valence-corrected chi connectivity index (χ3v) is 3.64. The summed E-state index contributed by atoms with van der Waals surface area (Å²) in [4.78, 5) is 25.1. The maximum absolute atomic E-state index is 12.7. The van der Waals surface area contributed by atoms with Gasteiger partial charge in [0.15, 0.2) is 5.78 Å². The van der Waals surface area contributed by atoms with Gasteiger partial charge in [-0.15, -0.1) is 0 Å². The molecule has 2 N–H and O–H groups in total. The molecule has 1 aromatic carbocycles. The van der Waals surface area contributed by atoms with Gasteiger partial charge in [0, 0.05) is 12.1 Å². The van der Waals surface area contributed by atoms with Crippen molar-refractivity contribution >= 4 is 11.6 Å². The van der Waals surface area contributed by atoms with Crippen molar-refractivity contribution in [2.75, 3.05) is 20.8 Å². The first-order valence-electron chi connectivity index (χ1n) is 7.00. The normalized spacial score (nSPS) is 15.0. The number of aliphatic hydroxyl groups excluding tert-OH is 1. The molecule has 2 rings (SSSR count). The van der Waals surface area contributed by atoms with Crippen LogP contribution in [0.15, 0.2) is 23.9 Å². The van der Waals surface area contributed by atoms with Crippen molar-refractivity contribution in [2.24, 2.45) is 0 Å². The number of hydrogen-bond acceptors (Lipinski definition) is 6. The van der Waals surface area contributed by atoms with E-state index in [0.717, 1.165) is 0 Å². The molecular formula is C16H19NO5. The molecule has 1 unspecified atom stereocenters. The summed E-state index contributed by atoms with van der Waals surface area (Å²) in [7, 11) is 2.88. The van der Waals surface area contributed by atoms with E-state index in [-0.39, 0.29) is 41.0 Å². The van der Waals surface area contributed by atoms with Crippen LogP contribution in [0.4, 0.5) is 0 Å². The van der Waals surface area contributed by atoms with Gasteiger partial charge in [-0.05, 0) is 18.6 Å². The molecule has 22 heavy (non-hydrogen) atoms. The molecule has 6 nitrogen and oxygen atoms in total. The lowest BCUT2D eigenvalue weighted by molar-refractivity contribution is 0.0968. The van der Waals surface area contributed by atoms with Gasteiger partial charge in [0.05, 0.1) is 37.7 Å². The zero-order chi connectivity index (χ0) is 16.3. The minimum absolute atomic E-state index is 0.128. The van der Waals surface area contributed by atoms with Gasteiger partial charge in [0.2, 0.25) is 5.78 Å². The van der Waals surface area contributed by atoms with Crippen LogP contribution in [-0.4, -0.2) is 43.5 Å². The third-order valence-electron chi connectivity index (χ3n) is 3.64. The Labute approximate surface area is 128 Å². The smallest absolute Gasteiger partial charge is 0.213 e. The Morgan fingerprint density at radius 2 is 1.73 bits per heavy atom. The van der Waals surface area contributed by atoms with Gasteiger partial charge in [-0.25, -0.2) is 0 Å². The number of aliphatic hydroxyl groups is 1. The quantitative estimate of drug-likeness (QED) is 0.825. The van der Waals surface area contributed by atoms with E-state index in [2.05, 4.69) is 5.32 Å². The van der Waals surface area contributed by atoms with Gasteiger partial charge in [-0.3, -0.25) is 9.59 Å². The first kappa shape index (κ1) is 16.0. The van der Waals surface area contributed by atoms with Crippen molar-refractivity contribution in [3.8, 4) is 11.5 Å². The molecule has 0 amide bonds. The lowest BCUT2D eigenvalue weighted by Crippen LogP contribution is -2.36. The lowest BCUT2D eigenvalue weighted by Gasteiger charge is -2.23. The van der Waals surface area contributed by atoms with Crippen molar-refractivity contribution in [3.63, 3.8) is 0 Å². The highest BCUT2D eigenvalue weighted by molar-refractivity contribution is 6.26. The number of fused-ring (bicyclic) bond motifs is 1. The predicted octanol–water partition coefficient (Wildman–Crippen LogP) is 1.33. The Balaban J connectivity index is 2.51. The number of allylic oxidation sites excluding steroid dienone is 2. The fraction of sp³-hybridized carbons (Fsp3) is 0.375. The van der Waals surface area contributed by atoms with Crippen molar-refractivity contribution < 1.29 is 24.2 Å². The summed E-state index contributed by atoms with van der Waals surface area (Å²) >= 11 is 0. The van der Waals surface area contributed by atoms with Crippen LogP contribution in [0.25, 0.3) is 0 Å². The van der Waals surface area contributed by atoms with Crippen molar-refractivity contribution in [2.45, 2.75) is 19.4 Å². The van der Waals surface area contributed by atoms with E-state index in [9.17, 15) is 14.7 Å². The first-order valence-corrected chi connectivity index (χ1v) is 7.00. The zero-order valence-electron chi connectivity index (χ0n) is 12.8. The summed E-state index contributed by atoms with van der Waals surface area (Å²) in [6, 6.07) is 2.90. The zero-order valence-corrected chi connectivity index (χ0v) is 12.8. The second kappa shape index (κ2) is 6.62. The summed E-state index contributed by atoms with van der Waals surface area (Å²) in [5.74, 6) is -0.0323. The first-order chi connectivity index (χ1) is 10.6. The number of nitrogens with one attached hydrogen (secondary N) is 1. The highest BCUT2D eigenvalue weighted by Crippen LogP contribution is 2.35. The van der Waals surface area contributed by atoms with E-state index in [4.69, 9.17) is 9.47 Å². The number of hydrogen-bond donors (Lipinski definition) is 2. The number of rotatable bonds is 6. The van der Waals surface area contributed by atoms with Gasteiger partial charge in [0.25, 0.3) is 0 Å². The number of carbonyl (C=O) groups excluding carboxylic acids is 2. The highest BCUT2D eigenvalue weighted by Gasteiger charge is 2.32. The number of methoxy groups -OCH3 is 2. The summed E-state index contributed by atoms with van der Waals surface area (Å²) in [5, 5.41) is 12.2. The largest absolute Gasteiger partial charge is 0.496 e. The minimum Gasteiger partial charge on any atom is -0.496 e. The van der Waals surface area contributed by atoms with Crippen LogP contribution in [0.2, 0.25) is 0 Å². The minimum atomic E-state index is -0.350. The fourth-order valence-corrected chi connectivity index (χ4v) is 2.38. The van der Waals surface area contributed by atoms with Crippen LogP contribution in [-0.2, 0) is 0 Å². The second-order valence-corrected chi connectivity index (χ2v) is 4.90. The van der Waals surface area contributed by atoms with Gasteiger partial charge < -0.3 is 19.9 Å². The number of benzene rings is 1. The van der Waals surface area contributed by atoms with E-state index in [1.54, 1.807) is 12.1 Å². The summed E-state index contributed by atoms with van der Waals surface area (Å²) in [6.45, 7) is 1.75. The number of ether oxygens (including phenoxy) is 2. The average molecular weight is 305 g/mol. The number of ketones is 2. The lowest BCUT2D eigenvalue weighted by atomic mass is 9.90. The van der Waals surface area contributed by atoms with E-state index in [1.807, 2.05) is 6.92 Å². The Morgan fingerprint density at radius 1 is 1.14 bits per heavy atom. The molecule has 0 saturated carbocycles. The SMILES string of the molecule is CCC(CO)NC1=CC(=O)c2c(OC)ccc(OC)c2C1=O. The molecule has 0 saturated heterocycles.